The highest BCUT2D eigenvalue weighted by Gasteiger charge is 2.23. The molecule has 1 aromatic carbocycles. The second-order valence-electron chi connectivity index (χ2n) is 5.72. The first-order chi connectivity index (χ1) is 11.1. The smallest absolute Gasteiger partial charge is 0.321 e. The molecule has 1 aliphatic rings. The molecular weight excluding hydrogens is 294 g/mol. The zero-order valence-electron chi connectivity index (χ0n) is 13.8. The Morgan fingerprint density at radius 1 is 1.26 bits per heavy atom. The molecule has 1 aromatic rings. The maximum absolute atomic E-state index is 12.3. The first-order valence-corrected chi connectivity index (χ1v) is 8.09. The molecule has 2 rings (SSSR count). The molecule has 1 heterocycles. The van der Waals surface area contributed by atoms with E-state index in [-0.39, 0.29) is 11.9 Å². The summed E-state index contributed by atoms with van der Waals surface area (Å²) < 4.78 is 5.24. The molecule has 1 aliphatic heterocycles. The number of hydrogen-bond acceptors (Lipinski definition) is 3. The van der Waals surface area contributed by atoms with Crippen LogP contribution >= 0.6 is 0 Å². The van der Waals surface area contributed by atoms with Crippen molar-refractivity contribution in [2.75, 3.05) is 32.1 Å². The number of amides is 3. The van der Waals surface area contributed by atoms with Crippen LogP contribution in [0.15, 0.2) is 24.3 Å². The van der Waals surface area contributed by atoms with Gasteiger partial charge in [0.15, 0.2) is 0 Å². The number of ether oxygens (including phenoxy) is 1. The molecule has 0 bridgehead atoms. The predicted octanol–water partition coefficient (Wildman–Crippen LogP) is 2.47. The number of nitrogens with zero attached hydrogens (tertiary/aromatic N) is 1. The molecule has 1 fully saturated rings. The van der Waals surface area contributed by atoms with Gasteiger partial charge < -0.3 is 20.3 Å². The highest BCUT2D eigenvalue weighted by Crippen LogP contribution is 2.24. The predicted molar refractivity (Wildman–Crippen MR) is 89.6 cm³/mol. The number of rotatable bonds is 5. The Bertz CT molecular complexity index is 540. The standard InChI is InChI=1S/C17H25N3O3/c1-3-16(21)18-12-13-8-10-20(11-9-13)17(22)19-14-6-4-5-7-15(14)23-2/h4-7,13H,3,8-12H2,1-2H3,(H,18,21)(H,19,22). The summed E-state index contributed by atoms with van der Waals surface area (Å²) in [6.45, 7) is 3.95. The largest absolute Gasteiger partial charge is 0.495 e. The summed E-state index contributed by atoms with van der Waals surface area (Å²) >= 11 is 0. The fourth-order valence-electron chi connectivity index (χ4n) is 2.67. The van der Waals surface area contributed by atoms with Gasteiger partial charge in [-0.15, -0.1) is 0 Å². The molecule has 6 nitrogen and oxygen atoms in total. The van der Waals surface area contributed by atoms with Gasteiger partial charge in [-0.1, -0.05) is 19.1 Å². The summed E-state index contributed by atoms with van der Waals surface area (Å²) in [5.74, 6) is 1.18. The van der Waals surface area contributed by atoms with Crippen LogP contribution in [0.2, 0.25) is 0 Å². The molecule has 2 N–H and O–H groups in total. The maximum atomic E-state index is 12.3. The van der Waals surface area contributed by atoms with Crippen LogP contribution in [-0.4, -0.2) is 43.6 Å². The van der Waals surface area contributed by atoms with E-state index >= 15 is 0 Å². The van der Waals surface area contributed by atoms with Crippen LogP contribution in [0.25, 0.3) is 0 Å². The van der Waals surface area contributed by atoms with E-state index in [4.69, 9.17) is 4.74 Å². The van der Waals surface area contributed by atoms with Crippen molar-refractivity contribution in [2.24, 2.45) is 5.92 Å². The van der Waals surface area contributed by atoms with Crippen LogP contribution in [-0.2, 0) is 4.79 Å². The number of likely N-dealkylation sites (tertiary alicyclic amines) is 1. The average molecular weight is 319 g/mol. The molecule has 1 saturated heterocycles. The third-order valence-electron chi connectivity index (χ3n) is 4.16. The molecular formula is C17H25N3O3. The van der Waals surface area contributed by atoms with E-state index in [9.17, 15) is 9.59 Å². The van der Waals surface area contributed by atoms with Crippen molar-refractivity contribution in [1.29, 1.82) is 0 Å². The van der Waals surface area contributed by atoms with Crippen LogP contribution in [0.1, 0.15) is 26.2 Å². The lowest BCUT2D eigenvalue weighted by Crippen LogP contribution is -2.43. The van der Waals surface area contributed by atoms with Crippen LogP contribution in [0.4, 0.5) is 10.5 Å². The summed E-state index contributed by atoms with van der Waals surface area (Å²) in [5, 5.41) is 5.82. The fraction of sp³-hybridized carbons (Fsp3) is 0.529. The first kappa shape index (κ1) is 17.1. The Hall–Kier alpha value is -2.24. The number of para-hydroxylation sites is 2. The van der Waals surface area contributed by atoms with Gasteiger partial charge in [-0.2, -0.15) is 0 Å². The molecule has 3 amide bonds. The Morgan fingerprint density at radius 3 is 2.61 bits per heavy atom. The summed E-state index contributed by atoms with van der Waals surface area (Å²) in [4.78, 5) is 25.4. The maximum Gasteiger partial charge on any atom is 0.321 e. The van der Waals surface area contributed by atoms with Crippen LogP contribution in [0, 0.1) is 5.92 Å². The third kappa shape index (κ3) is 4.87. The van der Waals surface area contributed by atoms with Gasteiger partial charge in [-0.25, -0.2) is 4.79 Å². The minimum atomic E-state index is -0.106. The highest BCUT2D eigenvalue weighted by atomic mass is 16.5. The van der Waals surface area contributed by atoms with Crippen molar-refractivity contribution in [3.63, 3.8) is 0 Å². The van der Waals surface area contributed by atoms with Crippen molar-refractivity contribution in [3.05, 3.63) is 24.3 Å². The number of methoxy groups -OCH3 is 1. The molecule has 6 heteroatoms. The van der Waals surface area contributed by atoms with Crippen LogP contribution in [0.5, 0.6) is 5.75 Å². The molecule has 0 aromatic heterocycles. The van der Waals surface area contributed by atoms with Gasteiger partial charge >= 0.3 is 6.03 Å². The molecule has 0 aliphatic carbocycles. The van der Waals surface area contributed by atoms with Crippen molar-refractivity contribution < 1.29 is 14.3 Å². The highest BCUT2D eigenvalue weighted by molar-refractivity contribution is 5.91. The summed E-state index contributed by atoms with van der Waals surface area (Å²) in [6, 6.07) is 7.26. The lowest BCUT2D eigenvalue weighted by atomic mass is 9.97. The van der Waals surface area contributed by atoms with Crippen LogP contribution in [0.3, 0.4) is 0 Å². The van der Waals surface area contributed by atoms with Crippen molar-refractivity contribution in [1.82, 2.24) is 10.2 Å². The zero-order valence-corrected chi connectivity index (χ0v) is 13.8. The van der Waals surface area contributed by atoms with Crippen molar-refractivity contribution >= 4 is 17.6 Å². The van der Waals surface area contributed by atoms with Crippen LogP contribution < -0.4 is 15.4 Å². The van der Waals surface area contributed by atoms with Gasteiger partial charge in [0.1, 0.15) is 5.75 Å². The number of benzene rings is 1. The summed E-state index contributed by atoms with van der Waals surface area (Å²) in [7, 11) is 1.58. The molecule has 0 spiro atoms. The SMILES string of the molecule is CCC(=O)NCC1CCN(C(=O)Nc2ccccc2OC)CC1. The minimum Gasteiger partial charge on any atom is -0.495 e. The first-order valence-electron chi connectivity index (χ1n) is 8.09. The Kier molecular flexibility index (Phi) is 6.26. The number of nitrogens with one attached hydrogen (secondary N) is 2. The quantitative estimate of drug-likeness (QED) is 0.876. The second-order valence-corrected chi connectivity index (χ2v) is 5.72. The van der Waals surface area contributed by atoms with E-state index in [2.05, 4.69) is 10.6 Å². The Labute approximate surface area is 137 Å². The van der Waals surface area contributed by atoms with E-state index in [0.717, 1.165) is 12.8 Å². The summed E-state index contributed by atoms with van der Waals surface area (Å²) in [6.07, 6.45) is 2.33. The lowest BCUT2D eigenvalue weighted by molar-refractivity contribution is -0.121. The Morgan fingerprint density at radius 2 is 1.96 bits per heavy atom. The summed E-state index contributed by atoms with van der Waals surface area (Å²) in [5.41, 5.74) is 0.678. The lowest BCUT2D eigenvalue weighted by Gasteiger charge is -2.32. The topological polar surface area (TPSA) is 70.7 Å². The molecule has 0 unspecified atom stereocenters. The van der Waals surface area contributed by atoms with Gasteiger partial charge in [0.2, 0.25) is 5.91 Å². The number of carbonyl (C=O) groups excluding carboxylic acids is 2. The fourth-order valence-corrected chi connectivity index (χ4v) is 2.67. The molecule has 126 valence electrons. The number of carbonyl (C=O) groups is 2. The number of hydrogen-bond donors (Lipinski definition) is 2. The number of urea groups is 1. The minimum absolute atomic E-state index is 0.0846. The van der Waals surface area contributed by atoms with Gasteiger partial charge in [-0.05, 0) is 30.9 Å². The normalized spacial score (nSPS) is 15.1. The van der Waals surface area contributed by atoms with Gasteiger partial charge in [0, 0.05) is 26.1 Å². The monoisotopic (exact) mass is 319 g/mol. The second kappa shape index (κ2) is 8.41. The van der Waals surface area contributed by atoms with E-state index in [0.29, 0.717) is 43.4 Å². The zero-order chi connectivity index (χ0) is 16.7. The Balaban J connectivity index is 1.80. The van der Waals surface area contributed by atoms with E-state index in [1.165, 1.54) is 0 Å². The molecule has 23 heavy (non-hydrogen) atoms. The molecule has 0 radical (unpaired) electrons. The van der Waals surface area contributed by atoms with E-state index in [1.807, 2.05) is 36.1 Å². The van der Waals surface area contributed by atoms with E-state index in [1.54, 1.807) is 7.11 Å². The third-order valence-corrected chi connectivity index (χ3v) is 4.16. The number of piperidine rings is 1. The van der Waals surface area contributed by atoms with E-state index < -0.39 is 0 Å². The average Bonchev–Trinajstić information content (AvgIpc) is 2.60. The van der Waals surface area contributed by atoms with Crippen molar-refractivity contribution in [2.45, 2.75) is 26.2 Å². The number of anilines is 1. The van der Waals surface area contributed by atoms with Gasteiger partial charge in [0.05, 0.1) is 12.8 Å². The van der Waals surface area contributed by atoms with Gasteiger partial charge in [-0.3, -0.25) is 4.79 Å². The molecule has 0 saturated carbocycles. The van der Waals surface area contributed by atoms with Crippen molar-refractivity contribution in [3.8, 4) is 5.75 Å². The molecule has 0 atom stereocenters. The van der Waals surface area contributed by atoms with Gasteiger partial charge in [0.25, 0.3) is 0 Å².